The van der Waals surface area contributed by atoms with Crippen LogP contribution in [0.4, 0.5) is 5.82 Å². The van der Waals surface area contributed by atoms with E-state index in [1.807, 2.05) is 30.3 Å². The molecular formula is C18H22N4O. The van der Waals surface area contributed by atoms with E-state index in [9.17, 15) is 4.79 Å². The zero-order valence-corrected chi connectivity index (χ0v) is 13.1. The summed E-state index contributed by atoms with van der Waals surface area (Å²) in [7, 11) is 0. The molecule has 0 radical (unpaired) electrons. The van der Waals surface area contributed by atoms with Gasteiger partial charge in [-0.15, -0.1) is 0 Å². The van der Waals surface area contributed by atoms with Crippen LogP contribution in [0, 0.1) is 5.92 Å². The van der Waals surface area contributed by atoms with E-state index in [1.165, 1.54) is 12.0 Å². The molecule has 1 amide bonds. The average Bonchev–Trinajstić information content (AvgIpc) is 3.02. The van der Waals surface area contributed by atoms with Gasteiger partial charge in [0.05, 0.1) is 0 Å². The van der Waals surface area contributed by atoms with Crippen LogP contribution in [0.3, 0.4) is 0 Å². The van der Waals surface area contributed by atoms with Crippen molar-refractivity contribution < 1.29 is 4.79 Å². The number of benzene rings is 1. The lowest BCUT2D eigenvalue weighted by Crippen LogP contribution is -2.23. The van der Waals surface area contributed by atoms with Gasteiger partial charge in [-0.05, 0) is 48.7 Å². The molecule has 120 valence electrons. The van der Waals surface area contributed by atoms with Gasteiger partial charge in [-0.25, -0.2) is 4.98 Å². The Hall–Kier alpha value is -2.40. The Morgan fingerprint density at radius 1 is 1.26 bits per heavy atom. The predicted octanol–water partition coefficient (Wildman–Crippen LogP) is 2.11. The summed E-state index contributed by atoms with van der Waals surface area (Å²) in [5.74, 6) is 1.20. The minimum Gasteiger partial charge on any atom is -0.370 e. The molecule has 1 fully saturated rings. The molecule has 2 heterocycles. The first kappa shape index (κ1) is 15.5. The van der Waals surface area contributed by atoms with Gasteiger partial charge in [0.2, 0.25) is 5.91 Å². The molecule has 1 aliphatic rings. The standard InChI is InChI=1S/C18H22N4O/c19-18(23)16-6-4-14(5-7-16)12-22-10-8-15(13-22)11-21-17-3-1-2-9-20-17/h1-7,9,15H,8,10-13H2,(H2,19,23)(H,20,21). The maximum Gasteiger partial charge on any atom is 0.248 e. The monoisotopic (exact) mass is 310 g/mol. The number of nitrogens with one attached hydrogen (secondary N) is 1. The molecule has 2 aromatic rings. The molecule has 1 aromatic carbocycles. The minimum absolute atomic E-state index is 0.376. The van der Waals surface area contributed by atoms with Gasteiger partial charge in [-0.3, -0.25) is 9.69 Å². The largest absolute Gasteiger partial charge is 0.370 e. The van der Waals surface area contributed by atoms with Gasteiger partial charge < -0.3 is 11.1 Å². The molecule has 5 heteroatoms. The van der Waals surface area contributed by atoms with E-state index in [4.69, 9.17) is 5.73 Å². The Bertz CT molecular complexity index is 642. The number of pyridine rings is 1. The van der Waals surface area contributed by atoms with Crippen molar-refractivity contribution in [2.75, 3.05) is 25.0 Å². The smallest absolute Gasteiger partial charge is 0.248 e. The maximum absolute atomic E-state index is 11.1. The number of carbonyl (C=O) groups excluding carboxylic acids is 1. The van der Waals surface area contributed by atoms with E-state index >= 15 is 0 Å². The van der Waals surface area contributed by atoms with E-state index < -0.39 is 0 Å². The normalized spacial score (nSPS) is 18.0. The quantitative estimate of drug-likeness (QED) is 0.857. The molecule has 1 aromatic heterocycles. The van der Waals surface area contributed by atoms with Crippen molar-refractivity contribution in [3.8, 4) is 0 Å². The molecule has 0 saturated carbocycles. The van der Waals surface area contributed by atoms with Crippen LogP contribution in [0.1, 0.15) is 22.3 Å². The number of rotatable bonds is 6. The number of primary amides is 1. The van der Waals surface area contributed by atoms with Crippen molar-refractivity contribution in [1.29, 1.82) is 0 Å². The molecule has 1 unspecified atom stereocenters. The molecule has 3 N–H and O–H groups in total. The van der Waals surface area contributed by atoms with E-state index in [0.717, 1.165) is 32.0 Å². The third kappa shape index (κ3) is 4.29. The number of nitrogens with zero attached hydrogens (tertiary/aromatic N) is 2. The van der Waals surface area contributed by atoms with Crippen molar-refractivity contribution >= 4 is 11.7 Å². The van der Waals surface area contributed by atoms with Crippen molar-refractivity contribution in [3.05, 3.63) is 59.8 Å². The first-order valence-electron chi connectivity index (χ1n) is 7.97. The number of likely N-dealkylation sites (tertiary alicyclic amines) is 1. The van der Waals surface area contributed by atoms with Crippen molar-refractivity contribution in [2.45, 2.75) is 13.0 Å². The first-order valence-corrected chi connectivity index (χ1v) is 7.97. The molecule has 23 heavy (non-hydrogen) atoms. The lowest BCUT2D eigenvalue weighted by atomic mass is 10.1. The Labute approximate surface area is 136 Å². The number of hydrogen-bond donors (Lipinski definition) is 2. The Morgan fingerprint density at radius 2 is 2.09 bits per heavy atom. The molecule has 5 nitrogen and oxygen atoms in total. The highest BCUT2D eigenvalue weighted by Crippen LogP contribution is 2.19. The second kappa shape index (κ2) is 7.24. The van der Waals surface area contributed by atoms with Crippen molar-refractivity contribution in [2.24, 2.45) is 11.7 Å². The molecular weight excluding hydrogens is 288 g/mol. The van der Waals surface area contributed by atoms with E-state index in [0.29, 0.717) is 11.5 Å². The number of carbonyl (C=O) groups is 1. The van der Waals surface area contributed by atoms with Crippen molar-refractivity contribution in [3.63, 3.8) is 0 Å². The molecule has 0 spiro atoms. The fraction of sp³-hybridized carbons (Fsp3) is 0.333. The minimum atomic E-state index is -0.376. The second-order valence-electron chi connectivity index (χ2n) is 6.05. The van der Waals surface area contributed by atoms with Gasteiger partial charge >= 0.3 is 0 Å². The van der Waals surface area contributed by atoms with Gasteiger partial charge in [0.25, 0.3) is 0 Å². The third-order valence-corrected chi connectivity index (χ3v) is 4.25. The molecule has 0 bridgehead atoms. The van der Waals surface area contributed by atoms with E-state index in [-0.39, 0.29) is 5.91 Å². The fourth-order valence-electron chi connectivity index (χ4n) is 2.97. The van der Waals surface area contributed by atoms with Crippen LogP contribution in [0.5, 0.6) is 0 Å². The SMILES string of the molecule is NC(=O)c1ccc(CN2CCC(CNc3ccccn3)C2)cc1. The van der Waals surface area contributed by atoms with Crippen LogP contribution in [-0.2, 0) is 6.54 Å². The summed E-state index contributed by atoms with van der Waals surface area (Å²) in [4.78, 5) is 17.8. The van der Waals surface area contributed by atoms with Crippen LogP contribution in [0.25, 0.3) is 0 Å². The number of nitrogens with two attached hydrogens (primary N) is 1. The van der Waals surface area contributed by atoms with Gasteiger partial charge in [-0.1, -0.05) is 18.2 Å². The fourth-order valence-corrected chi connectivity index (χ4v) is 2.97. The highest BCUT2D eigenvalue weighted by molar-refractivity contribution is 5.92. The molecule has 1 atom stereocenters. The number of hydrogen-bond acceptors (Lipinski definition) is 4. The molecule has 0 aliphatic carbocycles. The topological polar surface area (TPSA) is 71.2 Å². The number of aromatic nitrogens is 1. The Morgan fingerprint density at radius 3 is 2.78 bits per heavy atom. The zero-order chi connectivity index (χ0) is 16.1. The summed E-state index contributed by atoms with van der Waals surface area (Å²) in [6, 6.07) is 13.5. The summed E-state index contributed by atoms with van der Waals surface area (Å²) in [6.07, 6.45) is 3.00. The van der Waals surface area contributed by atoms with Crippen LogP contribution in [0.2, 0.25) is 0 Å². The highest BCUT2D eigenvalue weighted by atomic mass is 16.1. The van der Waals surface area contributed by atoms with Crippen LogP contribution < -0.4 is 11.1 Å². The molecule has 1 saturated heterocycles. The van der Waals surface area contributed by atoms with Gasteiger partial charge in [0.15, 0.2) is 0 Å². The van der Waals surface area contributed by atoms with Crippen molar-refractivity contribution in [1.82, 2.24) is 9.88 Å². The molecule has 3 rings (SSSR count). The lowest BCUT2D eigenvalue weighted by molar-refractivity contribution is 0.100. The Kier molecular flexibility index (Phi) is 4.88. The second-order valence-corrected chi connectivity index (χ2v) is 6.05. The summed E-state index contributed by atoms with van der Waals surface area (Å²) in [5.41, 5.74) is 7.04. The lowest BCUT2D eigenvalue weighted by Gasteiger charge is -2.16. The van der Waals surface area contributed by atoms with Gasteiger partial charge in [0, 0.05) is 31.4 Å². The average molecular weight is 310 g/mol. The molecule has 1 aliphatic heterocycles. The predicted molar refractivity (Wildman–Crippen MR) is 91.1 cm³/mol. The third-order valence-electron chi connectivity index (χ3n) is 4.25. The van der Waals surface area contributed by atoms with Crippen LogP contribution in [-0.4, -0.2) is 35.4 Å². The number of anilines is 1. The summed E-state index contributed by atoms with van der Waals surface area (Å²) < 4.78 is 0. The first-order chi connectivity index (χ1) is 11.2. The maximum atomic E-state index is 11.1. The summed E-state index contributed by atoms with van der Waals surface area (Å²) in [5, 5.41) is 3.40. The zero-order valence-electron chi connectivity index (χ0n) is 13.1. The van der Waals surface area contributed by atoms with E-state index in [1.54, 1.807) is 18.3 Å². The summed E-state index contributed by atoms with van der Waals surface area (Å²) >= 11 is 0. The Balaban J connectivity index is 1.47. The van der Waals surface area contributed by atoms with Gasteiger partial charge in [-0.2, -0.15) is 0 Å². The van der Waals surface area contributed by atoms with Crippen LogP contribution >= 0.6 is 0 Å². The highest BCUT2D eigenvalue weighted by Gasteiger charge is 2.22. The van der Waals surface area contributed by atoms with Crippen LogP contribution in [0.15, 0.2) is 48.7 Å². The number of amides is 1. The van der Waals surface area contributed by atoms with E-state index in [2.05, 4.69) is 15.2 Å². The summed E-state index contributed by atoms with van der Waals surface area (Å²) in [6.45, 7) is 4.05. The van der Waals surface area contributed by atoms with Gasteiger partial charge in [0.1, 0.15) is 5.82 Å².